The van der Waals surface area contributed by atoms with Crippen molar-refractivity contribution in [2.75, 3.05) is 21.1 Å². The van der Waals surface area contributed by atoms with Gasteiger partial charge in [-0.1, -0.05) is 30.3 Å². The molecule has 2 bridgehead atoms. The van der Waals surface area contributed by atoms with Gasteiger partial charge in [-0.3, -0.25) is 14.5 Å². The summed E-state index contributed by atoms with van der Waals surface area (Å²) in [5.74, 6) is -0.0636. The molecular weight excluding hydrogens is 386 g/mol. The third kappa shape index (κ3) is 3.65. The van der Waals surface area contributed by atoms with Gasteiger partial charge in [-0.25, -0.2) is 0 Å². The molecule has 5 nitrogen and oxygen atoms in total. The van der Waals surface area contributed by atoms with Gasteiger partial charge in [0.2, 0.25) is 0 Å². The number of likely N-dealkylation sites (N-methyl/N-ethyl adjacent to an activating group) is 1. The summed E-state index contributed by atoms with van der Waals surface area (Å²) < 4.78 is 0. The van der Waals surface area contributed by atoms with Crippen molar-refractivity contribution in [2.24, 2.45) is 0 Å². The molecule has 5 heteroatoms. The lowest BCUT2D eigenvalue weighted by molar-refractivity contribution is 0.0827. The first-order valence-corrected chi connectivity index (χ1v) is 11.2. The van der Waals surface area contributed by atoms with Crippen LogP contribution in [0.3, 0.4) is 0 Å². The number of carbonyl (C=O) groups is 2. The number of hydrogen-bond acceptors (Lipinski definition) is 3. The summed E-state index contributed by atoms with van der Waals surface area (Å²) in [4.78, 5) is 30.2. The fraction of sp³-hybridized carbons (Fsp3) is 0.462. The first-order valence-electron chi connectivity index (χ1n) is 11.2. The van der Waals surface area contributed by atoms with Crippen molar-refractivity contribution in [3.05, 3.63) is 70.3 Å². The first kappa shape index (κ1) is 21.6. The average Bonchev–Trinajstić information content (AvgIpc) is 3.24. The number of aryl methyl sites for hydroxylation is 2. The second-order valence-corrected chi connectivity index (χ2v) is 9.44. The second-order valence-electron chi connectivity index (χ2n) is 9.44. The molecule has 2 aromatic rings. The Bertz CT molecular complexity index is 985. The molecule has 1 atom stereocenters. The van der Waals surface area contributed by atoms with E-state index in [1.165, 1.54) is 0 Å². The molecule has 2 saturated heterocycles. The van der Waals surface area contributed by atoms with Crippen LogP contribution in [-0.4, -0.2) is 54.3 Å². The minimum atomic E-state index is -0.175. The maximum Gasteiger partial charge on any atom is 0.253 e. The zero-order chi connectivity index (χ0) is 22.3. The van der Waals surface area contributed by atoms with Crippen molar-refractivity contribution in [3.8, 4) is 0 Å². The van der Waals surface area contributed by atoms with Gasteiger partial charge in [0.25, 0.3) is 11.8 Å². The van der Waals surface area contributed by atoms with E-state index in [1.54, 1.807) is 19.0 Å². The van der Waals surface area contributed by atoms with Gasteiger partial charge in [0.15, 0.2) is 0 Å². The number of rotatable bonds is 5. The highest BCUT2D eigenvalue weighted by molar-refractivity contribution is 5.97. The molecule has 0 saturated carbocycles. The van der Waals surface area contributed by atoms with E-state index in [1.807, 2.05) is 50.2 Å². The second kappa shape index (κ2) is 8.12. The molecule has 0 aromatic heterocycles. The van der Waals surface area contributed by atoms with E-state index in [4.69, 9.17) is 0 Å². The standard InChI is InChI=1S/C26H33N3O2/c1-17-8-6-9-18(2)22(17)24(30)27-23(26-14-12-21(13-15-26)29(26)5)19-10-7-11-20(16-19)25(31)28(3)4/h6-11,16,21,23H,12-15H2,1-5H3,(H,27,30). The van der Waals surface area contributed by atoms with Crippen LogP contribution in [0.15, 0.2) is 42.5 Å². The van der Waals surface area contributed by atoms with Gasteiger partial charge < -0.3 is 10.2 Å². The van der Waals surface area contributed by atoms with Crippen molar-refractivity contribution in [3.63, 3.8) is 0 Å². The van der Waals surface area contributed by atoms with E-state index >= 15 is 0 Å². The van der Waals surface area contributed by atoms with Crippen molar-refractivity contribution in [2.45, 2.75) is 57.2 Å². The zero-order valence-electron chi connectivity index (χ0n) is 19.2. The molecule has 2 amide bonds. The molecule has 2 aromatic carbocycles. The topological polar surface area (TPSA) is 52.7 Å². The summed E-state index contributed by atoms with van der Waals surface area (Å²) in [5.41, 5.74) is 4.25. The van der Waals surface area contributed by atoms with Crippen molar-refractivity contribution in [1.82, 2.24) is 15.1 Å². The Labute approximate surface area is 185 Å². The number of nitrogens with one attached hydrogen (secondary N) is 1. The Morgan fingerprint density at radius 3 is 2.23 bits per heavy atom. The highest BCUT2D eigenvalue weighted by Gasteiger charge is 2.54. The third-order valence-corrected chi connectivity index (χ3v) is 7.47. The molecule has 2 fully saturated rings. The summed E-state index contributed by atoms with van der Waals surface area (Å²) in [6.45, 7) is 3.97. The van der Waals surface area contributed by atoms with E-state index in [9.17, 15) is 9.59 Å². The molecule has 0 radical (unpaired) electrons. The van der Waals surface area contributed by atoms with Crippen molar-refractivity contribution < 1.29 is 9.59 Å². The van der Waals surface area contributed by atoms with Crippen LogP contribution in [0, 0.1) is 13.8 Å². The highest BCUT2D eigenvalue weighted by atomic mass is 16.2. The Morgan fingerprint density at radius 1 is 1.06 bits per heavy atom. The van der Waals surface area contributed by atoms with Gasteiger partial charge in [-0.2, -0.15) is 0 Å². The highest BCUT2D eigenvalue weighted by Crippen LogP contribution is 2.51. The van der Waals surface area contributed by atoms with Gasteiger partial charge >= 0.3 is 0 Å². The van der Waals surface area contributed by atoms with Gasteiger partial charge in [0.05, 0.1) is 6.04 Å². The van der Waals surface area contributed by atoms with Crippen molar-refractivity contribution >= 4 is 11.8 Å². The molecule has 2 aliphatic heterocycles. The van der Waals surface area contributed by atoms with Gasteiger partial charge in [0.1, 0.15) is 0 Å². The van der Waals surface area contributed by atoms with Crippen LogP contribution in [0.5, 0.6) is 0 Å². The zero-order valence-corrected chi connectivity index (χ0v) is 19.2. The molecule has 164 valence electrons. The van der Waals surface area contributed by atoms with E-state index < -0.39 is 0 Å². The predicted octanol–water partition coefficient (Wildman–Crippen LogP) is 4.10. The lowest BCUT2D eigenvalue weighted by Crippen LogP contribution is -2.51. The van der Waals surface area contributed by atoms with Crippen LogP contribution in [0.4, 0.5) is 0 Å². The normalized spacial score (nSPS) is 23.6. The van der Waals surface area contributed by atoms with Gasteiger partial charge in [-0.05, 0) is 75.4 Å². The molecule has 1 unspecified atom stereocenters. The lowest BCUT2D eigenvalue weighted by atomic mass is 9.78. The number of carbonyl (C=O) groups excluding carboxylic acids is 2. The Morgan fingerprint density at radius 2 is 1.68 bits per heavy atom. The molecule has 2 aliphatic rings. The minimum absolute atomic E-state index is 0.0248. The van der Waals surface area contributed by atoms with E-state index in [0.717, 1.165) is 47.9 Å². The lowest BCUT2D eigenvalue weighted by Gasteiger charge is -2.41. The first-order chi connectivity index (χ1) is 14.7. The SMILES string of the molecule is Cc1cccc(C)c1C(=O)NC(c1cccc(C(=O)N(C)C)c1)C12CCC(CC1)N2C. The van der Waals surface area contributed by atoms with Crippen LogP contribution < -0.4 is 5.32 Å². The van der Waals surface area contributed by atoms with Crippen molar-refractivity contribution in [1.29, 1.82) is 0 Å². The summed E-state index contributed by atoms with van der Waals surface area (Å²) >= 11 is 0. The van der Waals surface area contributed by atoms with Crippen LogP contribution in [0.25, 0.3) is 0 Å². The fourth-order valence-electron chi connectivity index (χ4n) is 5.71. The van der Waals surface area contributed by atoms with Gasteiger partial charge in [-0.15, -0.1) is 0 Å². The molecule has 0 spiro atoms. The number of amides is 2. The largest absolute Gasteiger partial charge is 0.345 e. The minimum Gasteiger partial charge on any atom is -0.345 e. The molecule has 2 heterocycles. The summed E-state index contributed by atoms with van der Waals surface area (Å²) in [6, 6.07) is 14.2. The predicted molar refractivity (Wildman–Crippen MR) is 123 cm³/mol. The average molecular weight is 420 g/mol. The van der Waals surface area contributed by atoms with Crippen LogP contribution in [0.2, 0.25) is 0 Å². The summed E-state index contributed by atoms with van der Waals surface area (Å²) in [7, 11) is 5.72. The van der Waals surface area contributed by atoms with Crippen LogP contribution in [0.1, 0.15) is 69.1 Å². The Hall–Kier alpha value is -2.66. The van der Waals surface area contributed by atoms with E-state index in [2.05, 4.69) is 23.3 Å². The molecule has 4 rings (SSSR count). The molecular formula is C26H33N3O2. The quantitative estimate of drug-likeness (QED) is 0.794. The fourth-order valence-corrected chi connectivity index (χ4v) is 5.71. The maximum atomic E-state index is 13.5. The third-order valence-electron chi connectivity index (χ3n) is 7.47. The van der Waals surface area contributed by atoms with Crippen LogP contribution >= 0.6 is 0 Å². The number of hydrogen-bond donors (Lipinski definition) is 1. The number of nitrogens with zero attached hydrogens (tertiary/aromatic N) is 2. The van der Waals surface area contributed by atoms with Crippen LogP contribution in [-0.2, 0) is 0 Å². The molecule has 31 heavy (non-hydrogen) atoms. The van der Waals surface area contributed by atoms with Gasteiger partial charge in [0, 0.05) is 36.8 Å². The summed E-state index contributed by atoms with van der Waals surface area (Å²) in [6.07, 6.45) is 4.42. The number of fused-ring (bicyclic) bond motifs is 2. The Kier molecular flexibility index (Phi) is 5.65. The summed E-state index contributed by atoms with van der Waals surface area (Å²) in [5, 5.41) is 3.41. The molecule has 1 N–H and O–H groups in total. The maximum absolute atomic E-state index is 13.5. The number of benzene rings is 2. The smallest absolute Gasteiger partial charge is 0.253 e. The van der Waals surface area contributed by atoms with E-state index in [-0.39, 0.29) is 23.4 Å². The Balaban J connectivity index is 1.76. The van der Waals surface area contributed by atoms with E-state index in [0.29, 0.717) is 11.6 Å². The molecule has 0 aliphatic carbocycles. The monoisotopic (exact) mass is 419 g/mol.